The summed E-state index contributed by atoms with van der Waals surface area (Å²) in [4.78, 5) is 122. The Balaban J connectivity index is 1.64. The quantitative estimate of drug-likeness (QED) is 0.107. The van der Waals surface area contributed by atoms with E-state index in [0.29, 0.717) is 16.9 Å². The number of carbonyl (C=O) groups is 9. The van der Waals surface area contributed by atoms with Crippen molar-refractivity contribution in [1.82, 2.24) is 47.5 Å². The number of hydrogen-bond acceptors (Lipinski definition) is 10. The van der Waals surface area contributed by atoms with Crippen molar-refractivity contribution in [2.24, 2.45) is 5.73 Å². The van der Waals surface area contributed by atoms with Crippen molar-refractivity contribution in [3.8, 4) is 0 Å². The van der Waals surface area contributed by atoms with Crippen molar-refractivity contribution in [3.05, 3.63) is 71.9 Å². The van der Waals surface area contributed by atoms with E-state index in [1.54, 1.807) is 42.8 Å². The van der Waals surface area contributed by atoms with Gasteiger partial charge in [0, 0.05) is 49.8 Å². The zero-order chi connectivity index (χ0) is 44.3. The second kappa shape index (κ2) is 24.0. The summed E-state index contributed by atoms with van der Waals surface area (Å²) in [5.41, 5.74) is 7.83. The Labute approximate surface area is 357 Å². The molecule has 5 atom stereocenters. The van der Waals surface area contributed by atoms with E-state index >= 15 is 0 Å². The number of nitrogens with two attached hydrogens (primary N) is 1. The third kappa shape index (κ3) is 15.6. The number of para-hydroxylation sites is 1. The Kier molecular flexibility index (Phi) is 18.6. The number of aromatic amines is 1. The summed E-state index contributed by atoms with van der Waals surface area (Å²) in [6.07, 6.45) is 3.42. The molecule has 2 heterocycles. The number of aromatic nitrogens is 1. The van der Waals surface area contributed by atoms with Crippen LogP contribution in [0.3, 0.4) is 0 Å². The molecule has 0 spiro atoms. The molecule has 1 aromatic heterocycles. The van der Waals surface area contributed by atoms with E-state index in [4.69, 9.17) is 5.73 Å². The average molecular weight is 863 g/mol. The van der Waals surface area contributed by atoms with Crippen LogP contribution in [-0.2, 0) is 56.0 Å². The lowest BCUT2D eigenvalue weighted by Crippen LogP contribution is -2.58. The number of carbonyl (C=O) groups excluding carboxylic acids is 9. The molecule has 11 N–H and O–H groups in total. The SMILES string of the molecule is CSCC[C@@H]1NC(=O)C(NC(=O)CNC(C)=O)CCC(=O)NCCCC(C(N)=O)NC(=O)[C@H](Cc2c[nH]c3ccccc23)NC(=O)CNC(=O)C(Cc2ccccc2)NC1=O. The second-order valence-electron chi connectivity index (χ2n) is 14.5. The van der Waals surface area contributed by atoms with E-state index < -0.39 is 96.5 Å². The molecule has 1 saturated heterocycles. The van der Waals surface area contributed by atoms with Crippen molar-refractivity contribution < 1.29 is 43.2 Å². The maximum Gasteiger partial charge on any atom is 0.243 e. The molecule has 9 amide bonds. The van der Waals surface area contributed by atoms with Crippen LogP contribution in [0.1, 0.15) is 50.2 Å². The molecule has 3 unspecified atom stereocenters. The van der Waals surface area contributed by atoms with Gasteiger partial charge in [0.05, 0.1) is 13.1 Å². The van der Waals surface area contributed by atoms with Gasteiger partial charge in [0.15, 0.2) is 0 Å². The number of hydrogen-bond donors (Lipinski definition) is 10. The first kappa shape index (κ1) is 47.2. The monoisotopic (exact) mass is 862 g/mol. The molecule has 0 bridgehead atoms. The predicted molar refractivity (Wildman–Crippen MR) is 227 cm³/mol. The molecule has 61 heavy (non-hydrogen) atoms. The zero-order valence-corrected chi connectivity index (χ0v) is 34.9. The Hall–Kier alpha value is -6.44. The molecule has 0 saturated carbocycles. The molecule has 328 valence electrons. The zero-order valence-electron chi connectivity index (χ0n) is 34.1. The molecule has 0 aliphatic carbocycles. The Bertz CT molecular complexity index is 2050. The number of nitrogens with one attached hydrogen (secondary N) is 9. The van der Waals surface area contributed by atoms with Gasteiger partial charge in [0.25, 0.3) is 0 Å². The highest BCUT2D eigenvalue weighted by atomic mass is 32.2. The number of thioether (sulfide) groups is 1. The largest absolute Gasteiger partial charge is 0.368 e. The number of benzene rings is 2. The van der Waals surface area contributed by atoms with E-state index in [1.807, 2.05) is 24.3 Å². The predicted octanol–water partition coefficient (Wildman–Crippen LogP) is -1.44. The number of H-pyrrole nitrogens is 1. The van der Waals surface area contributed by atoms with Crippen molar-refractivity contribution in [3.63, 3.8) is 0 Å². The highest BCUT2D eigenvalue weighted by Crippen LogP contribution is 2.19. The number of amides is 9. The van der Waals surface area contributed by atoms with Crippen molar-refractivity contribution in [1.29, 1.82) is 0 Å². The minimum Gasteiger partial charge on any atom is -0.368 e. The lowest BCUT2D eigenvalue weighted by Gasteiger charge is -2.25. The van der Waals surface area contributed by atoms with Crippen molar-refractivity contribution >= 4 is 75.8 Å². The smallest absolute Gasteiger partial charge is 0.243 e. The summed E-state index contributed by atoms with van der Waals surface area (Å²) in [5.74, 6) is -5.83. The molecule has 1 aliphatic rings. The van der Waals surface area contributed by atoms with Gasteiger partial charge in [0.2, 0.25) is 53.2 Å². The number of fused-ring (bicyclic) bond motifs is 1. The van der Waals surface area contributed by atoms with Gasteiger partial charge in [-0.05, 0) is 54.9 Å². The topological polar surface area (TPSA) is 292 Å². The maximum atomic E-state index is 13.9. The van der Waals surface area contributed by atoms with Crippen molar-refractivity contribution in [2.75, 3.05) is 31.6 Å². The Morgan fingerprint density at radius 3 is 2.18 bits per heavy atom. The molecule has 20 heteroatoms. The van der Waals surface area contributed by atoms with Gasteiger partial charge in [-0.25, -0.2) is 0 Å². The first-order valence-corrected chi connectivity index (χ1v) is 21.3. The molecule has 19 nitrogen and oxygen atoms in total. The Morgan fingerprint density at radius 1 is 0.770 bits per heavy atom. The molecular formula is C41H54N10O9S. The molecule has 1 fully saturated rings. The fourth-order valence-electron chi connectivity index (χ4n) is 6.55. The van der Waals surface area contributed by atoms with E-state index in [0.717, 1.165) is 10.9 Å². The summed E-state index contributed by atoms with van der Waals surface area (Å²) in [7, 11) is 0. The summed E-state index contributed by atoms with van der Waals surface area (Å²) in [6, 6.07) is 10.0. The van der Waals surface area contributed by atoms with E-state index in [2.05, 4.69) is 47.5 Å². The van der Waals surface area contributed by atoms with E-state index in [9.17, 15) is 43.2 Å². The van der Waals surface area contributed by atoms with E-state index in [-0.39, 0.29) is 51.5 Å². The summed E-state index contributed by atoms with van der Waals surface area (Å²) in [6.45, 7) is 0.230. The molecule has 0 radical (unpaired) electrons. The highest BCUT2D eigenvalue weighted by Gasteiger charge is 2.31. The van der Waals surface area contributed by atoms with Gasteiger partial charge in [-0.3, -0.25) is 43.2 Å². The van der Waals surface area contributed by atoms with Crippen molar-refractivity contribution in [2.45, 2.75) is 82.1 Å². The van der Waals surface area contributed by atoms with E-state index in [1.165, 1.54) is 18.7 Å². The highest BCUT2D eigenvalue weighted by molar-refractivity contribution is 7.98. The van der Waals surface area contributed by atoms with Crippen LogP contribution in [0.25, 0.3) is 10.9 Å². The first-order chi connectivity index (χ1) is 29.2. The van der Waals surface area contributed by atoms with Crippen LogP contribution in [0.5, 0.6) is 0 Å². The molecule has 4 rings (SSSR count). The van der Waals surface area contributed by atoms with Crippen LogP contribution in [0.4, 0.5) is 0 Å². The summed E-state index contributed by atoms with van der Waals surface area (Å²) >= 11 is 1.41. The van der Waals surface area contributed by atoms with Gasteiger partial charge in [-0.1, -0.05) is 48.5 Å². The minimum atomic E-state index is -1.31. The van der Waals surface area contributed by atoms with Crippen LogP contribution in [0, 0.1) is 0 Å². The summed E-state index contributed by atoms with van der Waals surface area (Å²) < 4.78 is 0. The van der Waals surface area contributed by atoms with Gasteiger partial charge < -0.3 is 53.3 Å². The van der Waals surface area contributed by atoms with Gasteiger partial charge >= 0.3 is 0 Å². The van der Waals surface area contributed by atoms with Crippen LogP contribution in [0.2, 0.25) is 0 Å². The van der Waals surface area contributed by atoms with Crippen LogP contribution in [0.15, 0.2) is 60.8 Å². The third-order valence-corrected chi connectivity index (χ3v) is 10.4. The average Bonchev–Trinajstić information content (AvgIpc) is 3.64. The first-order valence-electron chi connectivity index (χ1n) is 19.9. The molecule has 3 aromatic rings. The van der Waals surface area contributed by atoms with Gasteiger partial charge in [0.1, 0.15) is 30.2 Å². The molecule has 1 aliphatic heterocycles. The third-order valence-electron chi connectivity index (χ3n) is 9.79. The maximum absolute atomic E-state index is 13.9. The van der Waals surface area contributed by atoms with Crippen LogP contribution < -0.4 is 48.3 Å². The fraction of sp³-hybridized carbons (Fsp3) is 0.439. The van der Waals surface area contributed by atoms with Crippen LogP contribution >= 0.6 is 11.8 Å². The summed E-state index contributed by atoms with van der Waals surface area (Å²) in [5, 5.41) is 21.6. The normalized spacial score (nSPS) is 21.7. The minimum absolute atomic E-state index is 0.000268. The molecular weight excluding hydrogens is 809 g/mol. The van der Waals surface area contributed by atoms with Gasteiger partial charge in [-0.15, -0.1) is 0 Å². The Morgan fingerprint density at radius 2 is 1.46 bits per heavy atom. The van der Waals surface area contributed by atoms with Gasteiger partial charge in [-0.2, -0.15) is 11.8 Å². The lowest BCUT2D eigenvalue weighted by molar-refractivity contribution is -0.134. The molecule has 2 aromatic carbocycles. The number of primary amides is 1. The standard InChI is InChI=1S/C41H54N10O9S/c1-24(52)44-22-35(54)47-30-14-15-34(53)43-17-8-13-29(37(42)56)49-41(60)33(20-26-21-45-28-12-7-6-11-27(26)28)48-36(55)23-46-38(57)32(19-25-9-4-3-5-10-25)51-40(59)31(16-18-61-2)50-39(30)58/h3-7,9-12,21,29-33,45H,8,13-20,22-23H2,1-2H3,(H2,42,56)(H,43,53)(H,44,52)(H,46,57)(H,47,54)(H,48,55)(H,49,60)(H,50,58)(H,51,59)/t29?,30?,31-,32?,33-/m0/s1. The lowest BCUT2D eigenvalue weighted by atomic mass is 10.0. The fourth-order valence-corrected chi connectivity index (χ4v) is 7.02. The number of rotatable bonds is 11. The van der Waals surface area contributed by atoms with Crippen LogP contribution in [-0.4, -0.2) is 120 Å². The second-order valence-corrected chi connectivity index (χ2v) is 15.5.